The summed E-state index contributed by atoms with van der Waals surface area (Å²) in [5.74, 6) is 0.572. The van der Waals surface area contributed by atoms with Crippen molar-refractivity contribution in [2.24, 2.45) is 0 Å². The fourth-order valence-corrected chi connectivity index (χ4v) is 4.19. The maximum Gasteiger partial charge on any atom is 0.292 e. The van der Waals surface area contributed by atoms with Crippen LogP contribution >= 0.6 is 12.2 Å². The van der Waals surface area contributed by atoms with Gasteiger partial charge in [0.05, 0.1) is 35.4 Å². The molecule has 3 aromatic rings. The minimum absolute atomic E-state index is 0.0478. The first-order valence-corrected chi connectivity index (χ1v) is 11.3. The van der Waals surface area contributed by atoms with Gasteiger partial charge in [0.1, 0.15) is 17.2 Å². The van der Waals surface area contributed by atoms with Crippen LogP contribution in [0, 0.1) is 10.1 Å². The van der Waals surface area contributed by atoms with E-state index < -0.39 is 14.9 Å². The number of anilines is 3. The molecule has 172 valence electrons. The van der Waals surface area contributed by atoms with Gasteiger partial charge in [0.2, 0.25) is 0 Å². The third kappa shape index (κ3) is 5.67. The molecule has 0 aliphatic carbocycles. The first kappa shape index (κ1) is 23.8. The number of nitro groups is 1. The fraction of sp³-hybridized carbons (Fsp3) is 0.0952. The van der Waals surface area contributed by atoms with Crippen LogP contribution in [-0.4, -0.2) is 32.7 Å². The van der Waals surface area contributed by atoms with Crippen molar-refractivity contribution < 1.29 is 22.8 Å². The third-order valence-electron chi connectivity index (χ3n) is 4.43. The van der Waals surface area contributed by atoms with Crippen LogP contribution in [0.2, 0.25) is 0 Å². The minimum atomic E-state index is -3.95. The number of ether oxygens (including phenoxy) is 2. The van der Waals surface area contributed by atoms with Crippen molar-refractivity contribution in [1.82, 2.24) is 0 Å². The molecule has 0 fully saturated rings. The van der Waals surface area contributed by atoms with Gasteiger partial charge in [-0.2, -0.15) is 0 Å². The number of nitro benzene ring substituents is 1. The van der Waals surface area contributed by atoms with Crippen molar-refractivity contribution >= 4 is 50.1 Å². The quantitative estimate of drug-likeness (QED) is 0.242. The van der Waals surface area contributed by atoms with Crippen LogP contribution in [0.3, 0.4) is 0 Å². The van der Waals surface area contributed by atoms with Gasteiger partial charge in [0, 0.05) is 12.1 Å². The number of sulfonamides is 1. The highest BCUT2D eigenvalue weighted by Crippen LogP contribution is 2.31. The van der Waals surface area contributed by atoms with Crippen LogP contribution in [-0.2, 0) is 10.0 Å². The van der Waals surface area contributed by atoms with Gasteiger partial charge >= 0.3 is 0 Å². The van der Waals surface area contributed by atoms with Gasteiger partial charge < -0.3 is 20.1 Å². The SMILES string of the molecule is COc1cc(S(=O)(=O)Nc2ccccc2OC)ccc1NC(=S)Nc1ccccc1[N+](=O)[O-]. The zero-order valence-electron chi connectivity index (χ0n) is 17.6. The first-order chi connectivity index (χ1) is 15.7. The minimum Gasteiger partial charge on any atom is -0.495 e. The lowest BCUT2D eigenvalue weighted by Gasteiger charge is -2.16. The van der Waals surface area contributed by atoms with Crippen LogP contribution in [0.15, 0.2) is 71.6 Å². The van der Waals surface area contributed by atoms with Gasteiger partial charge in [-0.25, -0.2) is 8.42 Å². The van der Waals surface area contributed by atoms with Crippen molar-refractivity contribution in [2.45, 2.75) is 4.90 Å². The van der Waals surface area contributed by atoms with Gasteiger partial charge in [0.15, 0.2) is 5.11 Å². The average molecular weight is 489 g/mol. The second-order valence-corrected chi connectivity index (χ2v) is 8.61. The van der Waals surface area contributed by atoms with E-state index in [1.54, 1.807) is 36.4 Å². The fourth-order valence-electron chi connectivity index (χ4n) is 2.89. The van der Waals surface area contributed by atoms with E-state index in [1.807, 2.05) is 0 Å². The first-order valence-electron chi connectivity index (χ1n) is 9.40. The van der Waals surface area contributed by atoms with E-state index in [1.165, 1.54) is 44.6 Å². The van der Waals surface area contributed by atoms with E-state index in [-0.39, 0.29) is 32.8 Å². The monoisotopic (exact) mass is 488 g/mol. The molecule has 0 heterocycles. The van der Waals surface area contributed by atoms with Crippen LogP contribution < -0.4 is 24.8 Å². The molecule has 3 N–H and O–H groups in total. The van der Waals surface area contributed by atoms with Gasteiger partial charge in [-0.15, -0.1) is 0 Å². The maximum absolute atomic E-state index is 12.9. The molecule has 0 spiro atoms. The van der Waals surface area contributed by atoms with Crippen molar-refractivity contribution in [3.05, 3.63) is 76.8 Å². The predicted molar refractivity (Wildman–Crippen MR) is 130 cm³/mol. The van der Waals surface area contributed by atoms with Gasteiger partial charge in [-0.3, -0.25) is 14.8 Å². The maximum atomic E-state index is 12.9. The molecular weight excluding hydrogens is 468 g/mol. The average Bonchev–Trinajstić information content (AvgIpc) is 2.79. The number of rotatable bonds is 8. The summed E-state index contributed by atoms with van der Waals surface area (Å²) in [4.78, 5) is 10.6. The molecule has 12 heteroatoms. The Balaban J connectivity index is 1.81. The highest BCUT2D eigenvalue weighted by Gasteiger charge is 2.19. The normalized spacial score (nSPS) is 10.7. The molecular formula is C21H20N4O6S2. The molecule has 0 atom stereocenters. The van der Waals surface area contributed by atoms with Gasteiger partial charge in [-0.1, -0.05) is 24.3 Å². The predicted octanol–water partition coefficient (Wildman–Crippen LogP) is 4.22. The Morgan fingerprint density at radius 1 is 0.879 bits per heavy atom. The number of benzene rings is 3. The molecule has 0 amide bonds. The summed E-state index contributed by atoms with van der Waals surface area (Å²) >= 11 is 5.25. The van der Waals surface area contributed by atoms with Crippen LogP contribution in [0.5, 0.6) is 11.5 Å². The Morgan fingerprint density at radius 2 is 1.48 bits per heavy atom. The summed E-state index contributed by atoms with van der Waals surface area (Å²) in [6, 6.07) is 16.8. The number of nitrogens with one attached hydrogen (secondary N) is 3. The molecule has 3 aromatic carbocycles. The smallest absolute Gasteiger partial charge is 0.292 e. The summed E-state index contributed by atoms with van der Waals surface area (Å²) in [7, 11) is -1.13. The lowest BCUT2D eigenvalue weighted by molar-refractivity contribution is -0.383. The molecule has 0 unspecified atom stereocenters. The zero-order valence-corrected chi connectivity index (χ0v) is 19.2. The molecule has 0 bridgehead atoms. The molecule has 33 heavy (non-hydrogen) atoms. The van der Waals surface area contributed by atoms with Crippen LogP contribution in [0.4, 0.5) is 22.7 Å². The van der Waals surface area contributed by atoms with E-state index in [2.05, 4.69) is 15.4 Å². The van der Waals surface area contributed by atoms with Crippen molar-refractivity contribution in [1.29, 1.82) is 0 Å². The second kappa shape index (κ2) is 10.1. The summed E-state index contributed by atoms with van der Waals surface area (Å²) < 4.78 is 38.7. The molecule has 3 rings (SSSR count). The topological polar surface area (TPSA) is 132 Å². The number of hydrogen-bond acceptors (Lipinski definition) is 7. The van der Waals surface area contributed by atoms with E-state index in [0.717, 1.165) is 0 Å². The third-order valence-corrected chi connectivity index (χ3v) is 6.00. The van der Waals surface area contributed by atoms with E-state index in [9.17, 15) is 18.5 Å². The second-order valence-electron chi connectivity index (χ2n) is 6.52. The standard InChI is InChI=1S/C21H20N4O6S2/c1-30-19-10-6-4-8-17(19)24-33(28,29)14-11-12-16(20(13-14)31-2)23-21(32)22-15-7-3-5-9-18(15)25(26)27/h3-13,24H,1-2H3,(H2,22,23,32). The number of methoxy groups -OCH3 is 2. The summed E-state index contributed by atoms with van der Waals surface area (Å²) in [5, 5.41) is 16.9. The number of nitrogens with zero attached hydrogens (tertiary/aromatic N) is 1. The molecule has 0 saturated heterocycles. The summed E-state index contributed by atoms with van der Waals surface area (Å²) in [6.07, 6.45) is 0. The van der Waals surface area contributed by atoms with Crippen molar-refractivity contribution in [2.75, 3.05) is 29.6 Å². The van der Waals surface area contributed by atoms with Gasteiger partial charge in [0.25, 0.3) is 15.7 Å². The lowest BCUT2D eigenvalue weighted by atomic mass is 10.2. The zero-order chi connectivity index (χ0) is 24.0. The molecule has 0 aliphatic heterocycles. The Labute approximate surface area is 195 Å². The van der Waals surface area contributed by atoms with E-state index >= 15 is 0 Å². The molecule has 0 radical (unpaired) electrons. The summed E-state index contributed by atoms with van der Waals surface area (Å²) in [6.45, 7) is 0. The molecule has 0 saturated carbocycles. The highest BCUT2D eigenvalue weighted by atomic mass is 32.2. The molecule has 0 aliphatic rings. The van der Waals surface area contributed by atoms with Crippen molar-refractivity contribution in [3.8, 4) is 11.5 Å². The van der Waals surface area contributed by atoms with Gasteiger partial charge in [-0.05, 0) is 42.5 Å². The number of hydrogen-bond donors (Lipinski definition) is 3. The Hall–Kier alpha value is -3.90. The van der Waals surface area contributed by atoms with Crippen LogP contribution in [0.1, 0.15) is 0 Å². The van der Waals surface area contributed by atoms with Crippen LogP contribution in [0.25, 0.3) is 0 Å². The highest BCUT2D eigenvalue weighted by molar-refractivity contribution is 7.92. The number of thiocarbonyl (C=S) groups is 1. The Morgan fingerprint density at radius 3 is 2.15 bits per heavy atom. The largest absolute Gasteiger partial charge is 0.495 e. The van der Waals surface area contributed by atoms with E-state index in [0.29, 0.717) is 11.4 Å². The Bertz CT molecular complexity index is 1300. The molecule has 0 aromatic heterocycles. The Kier molecular flexibility index (Phi) is 7.30. The number of para-hydroxylation sites is 4. The summed E-state index contributed by atoms with van der Waals surface area (Å²) in [5.41, 5.74) is 0.720. The van der Waals surface area contributed by atoms with Crippen molar-refractivity contribution in [3.63, 3.8) is 0 Å². The van der Waals surface area contributed by atoms with E-state index in [4.69, 9.17) is 21.7 Å². The molecule has 10 nitrogen and oxygen atoms in total. The lowest BCUT2D eigenvalue weighted by Crippen LogP contribution is -2.20.